The van der Waals surface area contributed by atoms with Gasteiger partial charge in [0.1, 0.15) is 5.02 Å². The Morgan fingerprint density at radius 2 is 2.09 bits per heavy atom. The molecule has 0 N–H and O–H groups in total. The lowest BCUT2D eigenvalue weighted by Gasteiger charge is -1.99. The molecule has 0 radical (unpaired) electrons. The predicted octanol–water partition coefficient (Wildman–Crippen LogP) is 2.85. The van der Waals surface area contributed by atoms with Gasteiger partial charge >= 0.3 is 0 Å². The lowest BCUT2D eigenvalue weighted by Crippen LogP contribution is -1.82. The average Bonchev–Trinajstić information content (AvgIpc) is 1.99. The van der Waals surface area contributed by atoms with E-state index in [9.17, 15) is 0 Å². The molecule has 0 aliphatic heterocycles. The van der Waals surface area contributed by atoms with Crippen molar-refractivity contribution in [1.29, 1.82) is 5.26 Å². The van der Waals surface area contributed by atoms with Gasteiger partial charge in [-0.1, -0.05) is 29.3 Å². The number of hydrogen-bond donors (Lipinski definition) is 0. The molecule has 0 amide bonds. The standard InChI is InChI=1S/C7H3Cl2NO/c8-5-2-1-3-6(7(5)9)11-4-10/h1-3H. The van der Waals surface area contributed by atoms with Crippen LogP contribution >= 0.6 is 23.2 Å². The van der Waals surface area contributed by atoms with Gasteiger partial charge in [-0.05, 0) is 12.1 Å². The molecule has 0 atom stereocenters. The highest BCUT2D eigenvalue weighted by molar-refractivity contribution is 6.42. The second-order valence-electron chi connectivity index (χ2n) is 1.75. The van der Waals surface area contributed by atoms with Crippen LogP contribution in [0.2, 0.25) is 10.0 Å². The van der Waals surface area contributed by atoms with Gasteiger partial charge in [-0.2, -0.15) is 0 Å². The molecule has 0 aliphatic carbocycles. The van der Waals surface area contributed by atoms with Crippen LogP contribution in [-0.2, 0) is 0 Å². The zero-order valence-electron chi connectivity index (χ0n) is 5.34. The van der Waals surface area contributed by atoms with Gasteiger partial charge in [0.25, 0.3) is 6.26 Å². The van der Waals surface area contributed by atoms with Crippen molar-refractivity contribution >= 4 is 23.2 Å². The zero-order valence-corrected chi connectivity index (χ0v) is 6.86. The third kappa shape index (κ3) is 1.76. The largest absolute Gasteiger partial charge is 0.386 e. The Balaban J connectivity index is 3.08. The average molecular weight is 188 g/mol. The number of halogens is 2. The maximum absolute atomic E-state index is 8.16. The van der Waals surface area contributed by atoms with Crippen LogP contribution in [0.4, 0.5) is 0 Å². The number of ether oxygens (including phenoxy) is 1. The van der Waals surface area contributed by atoms with Crippen LogP contribution in [-0.4, -0.2) is 0 Å². The third-order valence-electron chi connectivity index (χ3n) is 1.07. The molecule has 0 fully saturated rings. The molecule has 0 spiro atoms. The first-order chi connectivity index (χ1) is 5.25. The lowest BCUT2D eigenvalue weighted by molar-refractivity contribution is 0.507. The summed E-state index contributed by atoms with van der Waals surface area (Å²) >= 11 is 11.3. The first-order valence-corrected chi connectivity index (χ1v) is 3.51. The van der Waals surface area contributed by atoms with Gasteiger partial charge in [-0.15, -0.1) is 5.26 Å². The smallest absolute Gasteiger partial charge is 0.292 e. The van der Waals surface area contributed by atoms with Crippen molar-refractivity contribution < 1.29 is 4.74 Å². The Bertz CT molecular complexity index is 306. The van der Waals surface area contributed by atoms with Crippen molar-refractivity contribution in [3.05, 3.63) is 28.2 Å². The van der Waals surface area contributed by atoms with Crippen LogP contribution in [0.5, 0.6) is 5.75 Å². The molecule has 0 bridgehead atoms. The molecule has 0 unspecified atom stereocenters. The molecule has 2 nitrogen and oxygen atoms in total. The molecule has 1 aromatic carbocycles. The molecule has 0 aliphatic rings. The first kappa shape index (κ1) is 8.19. The van der Waals surface area contributed by atoms with Crippen molar-refractivity contribution in [2.24, 2.45) is 0 Å². The molecule has 0 aromatic heterocycles. The van der Waals surface area contributed by atoms with Crippen LogP contribution in [0.15, 0.2) is 18.2 Å². The lowest BCUT2D eigenvalue weighted by atomic mass is 10.3. The minimum absolute atomic E-state index is 0.260. The molecule has 0 saturated carbocycles. The molecule has 1 rings (SSSR count). The molecule has 56 valence electrons. The number of hydrogen-bond acceptors (Lipinski definition) is 2. The number of rotatable bonds is 1. The van der Waals surface area contributed by atoms with Crippen molar-refractivity contribution in [2.75, 3.05) is 0 Å². The molecule has 0 heterocycles. The minimum Gasteiger partial charge on any atom is -0.386 e. The Hall–Kier alpha value is -0.910. The Labute approximate surface area is 73.9 Å². The topological polar surface area (TPSA) is 33.0 Å². The fourth-order valence-electron chi connectivity index (χ4n) is 0.612. The van der Waals surface area contributed by atoms with E-state index in [0.717, 1.165) is 0 Å². The van der Waals surface area contributed by atoms with Crippen LogP contribution < -0.4 is 4.74 Å². The highest BCUT2D eigenvalue weighted by Crippen LogP contribution is 2.30. The molecule has 4 heteroatoms. The van der Waals surface area contributed by atoms with Gasteiger partial charge in [0.15, 0.2) is 5.75 Å². The van der Waals surface area contributed by atoms with E-state index < -0.39 is 0 Å². The van der Waals surface area contributed by atoms with Gasteiger partial charge in [-0.25, -0.2) is 0 Å². The monoisotopic (exact) mass is 187 g/mol. The van der Waals surface area contributed by atoms with Crippen molar-refractivity contribution in [1.82, 2.24) is 0 Å². The quantitative estimate of drug-likeness (QED) is 0.634. The predicted molar refractivity (Wildman–Crippen MR) is 42.7 cm³/mol. The summed E-state index contributed by atoms with van der Waals surface area (Å²) in [5.74, 6) is 0.279. The van der Waals surface area contributed by atoms with Crippen LogP contribution in [0.1, 0.15) is 0 Å². The van der Waals surface area contributed by atoms with Crippen molar-refractivity contribution in [3.63, 3.8) is 0 Å². The number of benzene rings is 1. The summed E-state index contributed by atoms with van der Waals surface area (Å²) < 4.78 is 4.51. The van der Waals surface area contributed by atoms with Gasteiger partial charge < -0.3 is 4.74 Å². The maximum atomic E-state index is 8.16. The second kappa shape index (κ2) is 3.47. The van der Waals surface area contributed by atoms with Crippen molar-refractivity contribution in [2.45, 2.75) is 0 Å². The highest BCUT2D eigenvalue weighted by Gasteiger charge is 2.03. The van der Waals surface area contributed by atoms with Gasteiger partial charge in [0.2, 0.25) is 0 Å². The normalized spacial score (nSPS) is 8.82. The van der Waals surface area contributed by atoms with E-state index in [0.29, 0.717) is 5.02 Å². The first-order valence-electron chi connectivity index (χ1n) is 2.75. The van der Waals surface area contributed by atoms with Gasteiger partial charge in [0.05, 0.1) is 5.02 Å². The summed E-state index contributed by atoms with van der Waals surface area (Å²) in [6.07, 6.45) is 1.51. The fourth-order valence-corrected chi connectivity index (χ4v) is 0.942. The molecular weight excluding hydrogens is 185 g/mol. The van der Waals surface area contributed by atoms with E-state index in [1.54, 1.807) is 18.2 Å². The van der Waals surface area contributed by atoms with E-state index >= 15 is 0 Å². The van der Waals surface area contributed by atoms with Crippen molar-refractivity contribution in [3.8, 4) is 12.0 Å². The molecule has 11 heavy (non-hydrogen) atoms. The van der Waals surface area contributed by atoms with E-state index in [4.69, 9.17) is 28.5 Å². The van der Waals surface area contributed by atoms with Gasteiger partial charge in [0, 0.05) is 0 Å². The summed E-state index contributed by atoms with van der Waals surface area (Å²) in [6, 6.07) is 4.84. The van der Waals surface area contributed by atoms with E-state index in [2.05, 4.69) is 4.74 Å². The number of nitrogens with zero attached hydrogens (tertiary/aromatic N) is 1. The summed E-state index contributed by atoms with van der Waals surface area (Å²) in [4.78, 5) is 0. The van der Waals surface area contributed by atoms with Crippen LogP contribution in [0.3, 0.4) is 0 Å². The summed E-state index contributed by atoms with van der Waals surface area (Å²) in [6.45, 7) is 0. The maximum Gasteiger partial charge on any atom is 0.292 e. The van der Waals surface area contributed by atoms with E-state index in [1.807, 2.05) is 0 Å². The van der Waals surface area contributed by atoms with Crippen LogP contribution in [0, 0.1) is 11.5 Å². The summed E-state index contributed by atoms with van der Waals surface area (Å²) in [5.41, 5.74) is 0. The fraction of sp³-hybridized carbons (Fsp3) is 0. The minimum atomic E-state index is 0.260. The Kier molecular flexibility index (Phi) is 2.58. The zero-order chi connectivity index (χ0) is 8.27. The summed E-state index contributed by atoms with van der Waals surface area (Å²) in [5, 5.41) is 8.80. The third-order valence-corrected chi connectivity index (χ3v) is 1.87. The van der Waals surface area contributed by atoms with Crippen LogP contribution in [0.25, 0.3) is 0 Å². The second-order valence-corrected chi connectivity index (χ2v) is 2.53. The Morgan fingerprint density at radius 1 is 1.36 bits per heavy atom. The molecule has 1 aromatic rings. The van der Waals surface area contributed by atoms with E-state index in [1.165, 1.54) is 6.26 Å². The molecule has 0 saturated heterocycles. The van der Waals surface area contributed by atoms with E-state index in [-0.39, 0.29) is 10.8 Å². The highest BCUT2D eigenvalue weighted by atomic mass is 35.5. The molecular formula is C7H3Cl2NO. The number of nitriles is 1. The van der Waals surface area contributed by atoms with Gasteiger partial charge in [-0.3, -0.25) is 0 Å². The Morgan fingerprint density at radius 3 is 2.73 bits per heavy atom. The SMILES string of the molecule is N#COc1cccc(Cl)c1Cl. The summed E-state index contributed by atoms with van der Waals surface area (Å²) in [7, 11) is 0.